The van der Waals surface area contributed by atoms with Crippen molar-refractivity contribution in [2.24, 2.45) is 0 Å². The lowest BCUT2D eigenvalue weighted by Gasteiger charge is -2.15. The van der Waals surface area contributed by atoms with Gasteiger partial charge in [-0.15, -0.1) is 0 Å². The Hall–Kier alpha value is -2.63. The number of hydrogen-bond acceptors (Lipinski definition) is 2. The van der Waals surface area contributed by atoms with Crippen molar-refractivity contribution in [3.8, 4) is 0 Å². The van der Waals surface area contributed by atoms with E-state index in [2.05, 4.69) is 6.92 Å². The first-order chi connectivity index (χ1) is 13.3. The van der Waals surface area contributed by atoms with Crippen LogP contribution in [0.15, 0.2) is 42.5 Å². The highest BCUT2D eigenvalue weighted by Gasteiger charge is 2.37. The predicted molar refractivity (Wildman–Crippen MR) is 101 cm³/mol. The highest BCUT2D eigenvalue weighted by molar-refractivity contribution is 6.34. The lowest BCUT2D eigenvalue weighted by molar-refractivity contribution is -0.137. The van der Waals surface area contributed by atoms with Gasteiger partial charge < -0.3 is 0 Å². The van der Waals surface area contributed by atoms with E-state index in [0.717, 1.165) is 54.0 Å². The summed E-state index contributed by atoms with van der Waals surface area (Å²) < 4.78 is 38.2. The molecular weight excluding hydrogens is 367 g/mol. The Labute approximate surface area is 162 Å². The van der Waals surface area contributed by atoms with Crippen molar-refractivity contribution < 1.29 is 22.8 Å². The second-order valence-corrected chi connectivity index (χ2v) is 7.03. The molecule has 0 saturated carbocycles. The fourth-order valence-corrected chi connectivity index (χ4v) is 3.41. The highest BCUT2D eigenvalue weighted by Crippen LogP contribution is 2.33. The maximum atomic E-state index is 12.7. The molecule has 0 spiro atoms. The minimum absolute atomic E-state index is 0.139. The lowest BCUT2D eigenvalue weighted by atomic mass is 10.0. The van der Waals surface area contributed by atoms with E-state index in [0.29, 0.717) is 11.1 Å². The molecule has 0 fully saturated rings. The molecule has 0 unspecified atom stereocenters. The van der Waals surface area contributed by atoms with Crippen LogP contribution in [0.5, 0.6) is 0 Å². The zero-order valence-corrected chi connectivity index (χ0v) is 15.7. The van der Waals surface area contributed by atoms with Crippen molar-refractivity contribution in [3.63, 3.8) is 0 Å². The SMILES string of the molecule is CCCCCCCc1ccc2c(c1)C(=O)N(c1ccc(C(F)(F)F)cc1)C2=O. The number of imide groups is 1. The normalized spacial score (nSPS) is 13.9. The molecule has 0 atom stereocenters. The summed E-state index contributed by atoms with van der Waals surface area (Å²) in [5, 5.41) is 0. The average molecular weight is 389 g/mol. The quantitative estimate of drug-likeness (QED) is 0.429. The van der Waals surface area contributed by atoms with Crippen LogP contribution in [0.25, 0.3) is 0 Å². The summed E-state index contributed by atoms with van der Waals surface area (Å²) in [4.78, 5) is 26.3. The number of alkyl halides is 3. The number of nitrogens with zero attached hydrogens (tertiary/aromatic N) is 1. The molecule has 0 saturated heterocycles. The van der Waals surface area contributed by atoms with Crippen LogP contribution in [0.3, 0.4) is 0 Å². The molecule has 0 N–H and O–H groups in total. The molecule has 0 radical (unpaired) electrons. The fraction of sp³-hybridized carbons (Fsp3) is 0.364. The molecule has 3 rings (SSSR count). The van der Waals surface area contributed by atoms with Gasteiger partial charge in [0, 0.05) is 0 Å². The van der Waals surface area contributed by atoms with Gasteiger partial charge in [-0.2, -0.15) is 13.2 Å². The molecule has 2 aromatic carbocycles. The summed E-state index contributed by atoms with van der Waals surface area (Å²) in [6, 6.07) is 9.28. The minimum atomic E-state index is -4.47. The molecule has 0 bridgehead atoms. The van der Waals surface area contributed by atoms with Crippen LogP contribution in [-0.4, -0.2) is 11.8 Å². The van der Waals surface area contributed by atoms with Crippen LogP contribution >= 0.6 is 0 Å². The van der Waals surface area contributed by atoms with Gasteiger partial charge >= 0.3 is 6.18 Å². The predicted octanol–water partition coefficient (Wildman–Crippen LogP) is 6.02. The summed E-state index contributed by atoms with van der Waals surface area (Å²) in [5.41, 5.74) is 0.916. The summed E-state index contributed by atoms with van der Waals surface area (Å²) in [6.45, 7) is 2.16. The largest absolute Gasteiger partial charge is 0.416 e. The van der Waals surface area contributed by atoms with E-state index in [1.807, 2.05) is 6.07 Å². The van der Waals surface area contributed by atoms with Gasteiger partial charge in [0.1, 0.15) is 0 Å². The van der Waals surface area contributed by atoms with Crippen LogP contribution in [-0.2, 0) is 12.6 Å². The zero-order valence-electron chi connectivity index (χ0n) is 15.7. The molecule has 0 aromatic heterocycles. The number of hydrogen-bond donors (Lipinski definition) is 0. The summed E-state index contributed by atoms with van der Waals surface area (Å²) in [6.07, 6.45) is 2.07. The Morgan fingerprint density at radius 3 is 2.11 bits per heavy atom. The van der Waals surface area contributed by atoms with Crippen LogP contribution in [0.2, 0.25) is 0 Å². The molecule has 6 heteroatoms. The molecule has 0 aliphatic carbocycles. The molecule has 1 aliphatic rings. The number of halogens is 3. The number of fused-ring (bicyclic) bond motifs is 1. The third kappa shape index (κ3) is 4.11. The van der Waals surface area contributed by atoms with Gasteiger partial charge in [-0.25, -0.2) is 4.90 Å². The van der Waals surface area contributed by atoms with Crippen molar-refractivity contribution in [2.75, 3.05) is 4.90 Å². The number of unbranched alkanes of at least 4 members (excludes halogenated alkanes) is 4. The van der Waals surface area contributed by atoms with E-state index < -0.39 is 23.6 Å². The van der Waals surface area contributed by atoms with Gasteiger partial charge in [0.05, 0.1) is 22.4 Å². The molecule has 2 amide bonds. The molecule has 2 aromatic rings. The number of amides is 2. The maximum Gasteiger partial charge on any atom is 0.416 e. The first-order valence-corrected chi connectivity index (χ1v) is 9.52. The maximum absolute atomic E-state index is 12.7. The van der Waals surface area contributed by atoms with Gasteiger partial charge in [0.15, 0.2) is 0 Å². The van der Waals surface area contributed by atoms with E-state index >= 15 is 0 Å². The summed E-state index contributed by atoms with van der Waals surface area (Å²) in [7, 11) is 0. The molecular formula is C22H22F3NO2. The number of anilines is 1. The fourth-order valence-electron chi connectivity index (χ4n) is 3.41. The smallest absolute Gasteiger partial charge is 0.268 e. The monoisotopic (exact) mass is 389 g/mol. The number of benzene rings is 2. The van der Waals surface area contributed by atoms with E-state index in [1.54, 1.807) is 12.1 Å². The Kier molecular flexibility index (Phi) is 5.87. The third-order valence-electron chi connectivity index (χ3n) is 4.97. The Morgan fingerprint density at radius 1 is 0.821 bits per heavy atom. The summed E-state index contributed by atoms with van der Waals surface area (Å²) >= 11 is 0. The lowest BCUT2D eigenvalue weighted by Crippen LogP contribution is -2.29. The van der Waals surface area contributed by atoms with Gasteiger partial charge in [0.25, 0.3) is 11.8 Å². The third-order valence-corrected chi connectivity index (χ3v) is 4.97. The second-order valence-electron chi connectivity index (χ2n) is 7.03. The number of aryl methyl sites for hydroxylation is 1. The van der Waals surface area contributed by atoms with E-state index in [4.69, 9.17) is 0 Å². The number of rotatable bonds is 7. The van der Waals surface area contributed by atoms with Crippen molar-refractivity contribution in [3.05, 3.63) is 64.7 Å². The highest BCUT2D eigenvalue weighted by atomic mass is 19.4. The number of carbonyl (C=O) groups is 2. The molecule has 3 nitrogen and oxygen atoms in total. The Bertz CT molecular complexity index is 872. The van der Waals surface area contributed by atoms with Crippen LogP contribution < -0.4 is 4.90 Å². The van der Waals surface area contributed by atoms with E-state index in [-0.39, 0.29) is 5.69 Å². The topological polar surface area (TPSA) is 37.4 Å². The van der Waals surface area contributed by atoms with Crippen LogP contribution in [0.4, 0.5) is 18.9 Å². The average Bonchev–Trinajstić information content (AvgIpc) is 2.91. The second kappa shape index (κ2) is 8.17. The van der Waals surface area contributed by atoms with Gasteiger partial charge in [-0.05, 0) is 54.8 Å². The van der Waals surface area contributed by atoms with Crippen LogP contribution in [0.1, 0.15) is 70.9 Å². The Balaban J connectivity index is 1.76. The van der Waals surface area contributed by atoms with Crippen molar-refractivity contribution in [1.29, 1.82) is 0 Å². The van der Waals surface area contributed by atoms with Gasteiger partial charge in [0.2, 0.25) is 0 Å². The molecule has 28 heavy (non-hydrogen) atoms. The standard InChI is InChI=1S/C22H22F3NO2/c1-2-3-4-5-6-7-15-8-13-18-19(14-15)21(28)26(20(18)27)17-11-9-16(10-12-17)22(23,24)25/h8-14H,2-7H2,1H3. The van der Waals surface area contributed by atoms with Gasteiger partial charge in [-0.3, -0.25) is 9.59 Å². The summed E-state index contributed by atoms with van der Waals surface area (Å²) in [5.74, 6) is -0.998. The number of carbonyl (C=O) groups excluding carboxylic acids is 2. The molecule has 1 aliphatic heterocycles. The first-order valence-electron chi connectivity index (χ1n) is 9.52. The molecule has 1 heterocycles. The van der Waals surface area contributed by atoms with Crippen molar-refractivity contribution in [1.82, 2.24) is 0 Å². The van der Waals surface area contributed by atoms with Gasteiger partial charge in [-0.1, -0.05) is 38.7 Å². The minimum Gasteiger partial charge on any atom is -0.268 e. The zero-order chi connectivity index (χ0) is 20.3. The van der Waals surface area contributed by atoms with Crippen molar-refractivity contribution in [2.45, 2.75) is 51.6 Å². The van der Waals surface area contributed by atoms with Crippen molar-refractivity contribution >= 4 is 17.5 Å². The molecule has 148 valence electrons. The first kappa shape index (κ1) is 20.1. The van der Waals surface area contributed by atoms with E-state index in [9.17, 15) is 22.8 Å². The van der Waals surface area contributed by atoms with E-state index in [1.165, 1.54) is 19.3 Å². The van der Waals surface area contributed by atoms with Crippen LogP contribution in [0, 0.1) is 0 Å². The Morgan fingerprint density at radius 2 is 1.46 bits per heavy atom.